The van der Waals surface area contributed by atoms with Gasteiger partial charge in [-0.3, -0.25) is 10.2 Å². The number of urea groups is 1. The van der Waals surface area contributed by atoms with Crippen molar-refractivity contribution in [3.63, 3.8) is 0 Å². The molecule has 10 heteroatoms. The van der Waals surface area contributed by atoms with Gasteiger partial charge in [-0.2, -0.15) is 0 Å². The standard InChI is InChI=1S/C25H26F2N6O2/c1-4-32-13-19(17-10-11-20(26)21(27)12-17)22(14-32)29-25(34)30-23-16(2)24(35-15-28-3)31-33(23)18-8-6-5-7-9-18/h5-12,19,22H,4,13-15H2,1-2H3,(H2,29,30,34)/t19-,22+/m0/s1. The topological polar surface area (TPSA) is 75.8 Å². The van der Waals surface area contributed by atoms with E-state index in [0.717, 1.165) is 12.6 Å². The highest BCUT2D eigenvalue weighted by Gasteiger charge is 2.35. The Kier molecular flexibility index (Phi) is 7.27. The molecule has 35 heavy (non-hydrogen) atoms. The van der Waals surface area contributed by atoms with Crippen molar-refractivity contribution in [2.45, 2.75) is 25.8 Å². The van der Waals surface area contributed by atoms with Crippen molar-refractivity contribution in [2.24, 2.45) is 0 Å². The van der Waals surface area contributed by atoms with E-state index in [1.165, 1.54) is 6.07 Å². The fourth-order valence-corrected chi connectivity index (χ4v) is 4.29. The van der Waals surface area contributed by atoms with Crippen LogP contribution >= 0.6 is 0 Å². The normalized spacial score (nSPS) is 17.7. The summed E-state index contributed by atoms with van der Waals surface area (Å²) in [5.74, 6) is -1.35. The maximum absolute atomic E-state index is 13.9. The monoisotopic (exact) mass is 480 g/mol. The Hall–Kier alpha value is -3.97. The van der Waals surface area contributed by atoms with E-state index in [1.54, 1.807) is 17.7 Å². The molecule has 1 aliphatic rings. The molecule has 1 aromatic heterocycles. The van der Waals surface area contributed by atoms with Gasteiger partial charge in [0.25, 0.3) is 0 Å². The van der Waals surface area contributed by atoms with Crippen molar-refractivity contribution >= 4 is 11.8 Å². The smallest absolute Gasteiger partial charge is 0.358 e. The van der Waals surface area contributed by atoms with Crippen LogP contribution in [0.2, 0.25) is 0 Å². The average molecular weight is 481 g/mol. The predicted octanol–water partition coefficient (Wildman–Crippen LogP) is 4.32. The van der Waals surface area contributed by atoms with Gasteiger partial charge in [0.2, 0.25) is 5.88 Å². The van der Waals surface area contributed by atoms with Gasteiger partial charge in [0.05, 0.1) is 17.3 Å². The Morgan fingerprint density at radius 3 is 2.66 bits per heavy atom. The van der Waals surface area contributed by atoms with Crippen molar-refractivity contribution in [1.29, 1.82) is 0 Å². The molecule has 8 nitrogen and oxygen atoms in total. The quantitative estimate of drug-likeness (QED) is 0.494. The molecule has 2 amide bonds. The number of likely N-dealkylation sites (tertiary alicyclic amines) is 1. The summed E-state index contributed by atoms with van der Waals surface area (Å²) in [6.45, 7) is 12.5. The zero-order valence-electron chi connectivity index (χ0n) is 19.5. The number of nitrogens with zero attached hydrogens (tertiary/aromatic N) is 4. The second-order valence-corrected chi connectivity index (χ2v) is 8.29. The Morgan fingerprint density at radius 2 is 1.97 bits per heavy atom. The first-order valence-corrected chi connectivity index (χ1v) is 11.3. The fourth-order valence-electron chi connectivity index (χ4n) is 4.29. The van der Waals surface area contributed by atoms with Gasteiger partial charge in [-0.05, 0) is 43.3 Å². The molecule has 4 rings (SSSR count). The fraction of sp³-hybridized carbons (Fsp3) is 0.320. The van der Waals surface area contributed by atoms with E-state index in [1.807, 2.05) is 37.3 Å². The van der Waals surface area contributed by atoms with Crippen LogP contribution < -0.4 is 15.4 Å². The first-order valence-electron chi connectivity index (χ1n) is 11.3. The van der Waals surface area contributed by atoms with Gasteiger partial charge < -0.3 is 15.0 Å². The summed E-state index contributed by atoms with van der Waals surface area (Å²) in [7, 11) is 0. The number of likely N-dealkylation sites (N-methyl/N-ethyl adjacent to an activating group) is 1. The van der Waals surface area contributed by atoms with E-state index >= 15 is 0 Å². The predicted molar refractivity (Wildman–Crippen MR) is 128 cm³/mol. The van der Waals surface area contributed by atoms with E-state index in [2.05, 4.69) is 25.5 Å². The molecule has 2 N–H and O–H groups in total. The first-order chi connectivity index (χ1) is 16.9. The van der Waals surface area contributed by atoms with Crippen LogP contribution in [0.1, 0.15) is 24.0 Å². The molecule has 0 spiro atoms. The number of ether oxygens (including phenoxy) is 1. The molecule has 0 unspecified atom stereocenters. The molecule has 2 atom stereocenters. The number of carbonyl (C=O) groups excluding carboxylic acids is 1. The maximum Gasteiger partial charge on any atom is 0.358 e. The molecule has 0 radical (unpaired) electrons. The zero-order valence-corrected chi connectivity index (χ0v) is 19.5. The van der Waals surface area contributed by atoms with Crippen molar-refractivity contribution in [3.8, 4) is 11.6 Å². The van der Waals surface area contributed by atoms with Crippen molar-refractivity contribution < 1.29 is 18.3 Å². The second kappa shape index (κ2) is 10.5. The summed E-state index contributed by atoms with van der Waals surface area (Å²) < 4.78 is 34.4. The number of para-hydroxylation sites is 1. The average Bonchev–Trinajstić information content (AvgIpc) is 3.41. The number of amides is 2. The molecule has 3 aromatic rings. The third-order valence-corrected chi connectivity index (χ3v) is 6.11. The summed E-state index contributed by atoms with van der Waals surface area (Å²) in [4.78, 5) is 18.5. The molecule has 182 valence electrons. The summed E-state index contributed by atoms with van der Waals surface area (Å²) in [6.07, 6.45) is 0. The molecule has 0 saturated carbocycles. The van der Waals surface area contributed by atoms with Gasteiger partial charge in [0, 0.05) is 19.0 Å². The minimum atomic E-state index is -0.907. The molecule has 1 saturated heterocycles. The molecule has 0 aliphatic carbocycles. The van der Waals surface area contributed by atoms with E-state index in [0.29, 0.717) is 35.7 Å². The van der Waals surface area contributed by atoms with Gasteiger partial charge in [0.15, 0.2) is 11.6 Å². The Morgan fingerprint density at radius 1 is 1.20 bits per heavy atom. The zero-order chi connectivity index (χ0) is 24.9. The third kappa shape index (κ3) is 5.25. The van der Waals surface area contributed by atoms with Crippen molar-refractivity contribution in [2.75, 3.05) is 31.7 Å². The number of nitrogens with one attached hydrogen (secondary N) is 2. The summed E-state index contributed by atoms with van der Waals surface area (Å²) in [6, 6.07) is 12.3. The minimum absolute atomic E-state index is 0.191. The van der Waals surface area contributed by atoms with E-state index in [-0.39, 0.29) is 24.6 Å². The lowest BCUT2D eigenvalue weighted by atomic mass is 9.94. The highest BCUT2D eigenvalue weighted by Crippen LogP contribution is 2.30. The van der Waals surface area contributed by atoms with E-state index in [9.17, 15) is 13.6 Å². The lowest BCUT2D eigenvalue weighted by Gasteiger charge is -2.21. The number of carbonyl (C=O) groups is 1. The van der Waals surface area contributed by atoms with Crippen LogP contribution in [0, 0.1) is 25.1 Å². The summed E-state index contributed by atoms with van der Waals surface area (Å²) in [5.41, 5.74) is 1.91. The maximum atomic E-state index is 13.9. The van der Waals surface area contributed by atoms with Gasteiger partial charge in [0.1, 0.15) is 5.82 Å². The molecular weight excluding hydrogens is 454 g/mol. The van der Waals surface area contributed by atoms with E-state index in [4.69, 9.17) is 11.3 Å². The van der Waals surface area contributed by atoms with Crippen LogP contribution in [-0.4, -0.2) is 53.1 Å². The van der Waals surface area contributed by atoms with Gasteiger partial charge in [-0.25, -0.2) is 24.8 Å². The van der Waals surface area contributed by atoms with Crippen LogP contribution in [0.4, 0.5) is 19.4 Å². The van der Waals surface area contributed by atoms with Crippen molar-refractivity contribution in [1.82, 2.24) is 20.0 Å². The third-order valence-electron chi connectivity index (χ3n) is 6.11. The number of hydrogen-bond acceptors (Lipinski definition) is 4. The van der Waals surface area contributed by atoms with Gasteiger partial charge in [-0.15, -0.1) is 5.10 Å². The van der Waals surface area contributed by atoms with E-state index < -0.39 is 17.7 Å². The largest absolute Gasteiger partial charge is 0.406 e. The number of aromatic nitrogens is 2. The van der Waals surface area contributed by atoms with Crippen LogP contribution in [0.25, 0.3) is 10.5 Å². The Labute approximate surface area is 202 Å². The lowest BCUT2D eigenvalue weighted by molar-refractivity contribution is 0.247. The van der Waals surface area contributed by atoms with Crippen LogP contribution in [-0.2, 0) is 0 Å². The molecule has 0 bridgehead atoms. The highest BCUT2D eigenvalue weighted by molar-refractivity contribution is 5.90. The molecule has 2 aromatic carbocycles. The van der Waals surface area contributed by atoms with Gasteiger partial charge >= 0.3 is 12.8 Å². The van der Waals surface area contributed by atoms with Gasteiger partial charge in [-0.1, -0.05) is 31.2 Å². The van der Waals surface area contributed by atoms with Crippen LogP contribution in [0.15, 0.2) is 48.5 Å². The number of halogens is 2. The molecule has 1 aliphatic heterocycles. The van der Waals surface area contributed by atoms with Crippen LogP contribution in [0.3, 0.4) is 0 Å². The van der Waals surface area contributed by atoms with Crippen molar-refractivity contribution in [3.05, 3.63) is 82.7 Å². The second-order valence-electron chi connectivity index (χ2n) is 8.29. The Bertz CT molecular complexity index is 1240. The van der Waals surface area contributed by atoms with Crippen LogP contribution in [0.5, 0.6) is 5.88 Å². The number of rotatable bonds is 7. The number of anilines is 1. The minimum Gasteiger partial charge on any atom is -0.406 e. The highest BCUT2D eigenvalue weighted by atomic mass is 19.2. The first kappa shape index (κ1) is 24.2. The molecule has 1 fully saturated rings. The summed E-state index contributed by atoms with van der Waals surface area (Å²) >= 11 is 0. The number of benzene rings is 2. The number of hydrogen-bond donors (Lipinski definition) is 2. The lowest BCUT2D eigenvalue weighted by Crippen LogP contribution is -2.42. The SMILES string of the molecule is [C-]#[N+]COc1nn(-c2ccccc2)c(NC(=O)N[C@@H]2CN(CC)C[C@H]2c2ccc(F)c(F)c2)c1C. The molecule has 2 heterocycles. The summed E-state index contributed by atoms with van der Waals surface area (Å²) in [5, 5.41) is 10.3. The Balaban J connectivity index is 1.57. The molecular formula is C25H26F2N6O2.